The molecule has 11 heavy (non-hydrogen) atoms. The Labute approximate surface area is 72.6 Å². The lowest BCUT2D eigenvalue weighted by molar-refractivity contribution is 0.421. The van der Waals surface area contributed by atoms with Gasteiger partial charge in [-0.15, -0.1) is 0 Å². The largest absolute Gasteiger partial charge is 0.312 e. The highest BCUT2D eigenvalue weighted by molar-refractivity contribution is 4.69. The molecule has 0 aromatic heterocycles. The van der Waals surface area contributed by atoms with Gasteiger partial charge >= 0.3 is 0 Å². The molecule has 0 atom stereocenters. The first kappa shape index (κ1) is 13.5. The average molecular weight is 159 g/mol. The molecule has 0 aliphatic carbocycles. The van der Waals surface area contributed by atoms with Crippen LogP contribution in [-0.2, 0) is 0 Å². The van der Waals surface area contributed by atoms with E-state index in [1.165, 1.54) is 12.8 Å². The van der Waals surface area contributed by atoms with E-state index in [0.29, 0.717) is 5.54 Å². The van der Waals surface area contributed by atoms with Crippen molar-refractivity contribution in [2.75, 3.05) is 6.54 Å². The highest BCUT2D eigenvalue weighted by Crippen LogP contribution is 1.98. The Morgan fingerprint density at radius 3 is 1.82 bits per heavy atom. The zero-order chi connectivity index (χ0) is 9.33. The molecule has 0 saturated carbocycles. The third kappa shape index (κ3) is 17.8. The lowest BCUT2D eigenvalue weighted by Gasteiger charge is -2.19. The standard InChI is InChI=1S/C8H19N.C2H6/c1-5-6-7-9-8(2,3)4;1-2/h9H,5-7H2,1-4H3;1-2H3. The van der Waals surface area contributed by atoms with Crippen molar-refractivity contribution in [1.29, 1.82) is 0 Å². The minimum absolute atomic E-state index is 0.301. The van der Waals surface area contributed by atoms with E-state index in [0.717, 1.165) is 6.54 Å². The molecule has 0 bridgehead atoms. The van der Waals surface area contributed by atoms with E-state index < -0.39 is 0 Å². The second-order valence-electron chi connectivity index (χ2n) is 3.53. The van der Waals surface area contributed by atoms with Crippen LogP contribution in [0.2, 0.25) is 0 Å². The van der Waals surface area contributed by atoms with Crippen LogP contribution in [0.3, 0.4) is 0 Å². The summed E-state index contributed by atoms with van der Waals surface area (Å²) >= 11 is 0. The molecular formula is C10H25N. The average Bonchev–Trinajstić information content (AvgIpc) is 1.90. The predicted octanol–water partition coefficient (Wildman–Crippen LogP) is 3.20. The number of nitrogens with one attached hydrogen (secondary N) is 1. The molecule has 0 saturated heterocycles. The minimum atomic E-state index is 0.301. The molecule has 0 fully saturated rings. The topological polar surface area (TPSA) is 12.0 Å². The summed E-state index contributed by atoms with van der Waals surface area (Å²) < 4.78 is 0. The zero-order valence-corrected chi connectivity index (χ0v) is 9.12. The summed E-state index contributed by atoms with van der Waals surface area (Å²) in [7, 11) is 0. The molecule has 0 aromatic carbocycles. The monoisotopic (exact) mass is 159 g/mol. The van der Waals surface area contributed by atoms with Gasteiger partial charge in [0, 0.05) is 5.54 Å². The van der Waals surface area contributed by atoms with Crippen molar-refractivity contribution in [2.45, 2.75) is 59.9 Å². The van der Waals surface area contributed by atoms with E-state index >= 15 is 0 Å². The van der Waals surface area contributed by atoms with Crippen LogP contribution >= 0.6 is 0 Å². The normalized spacial score (nSPS) is 10.4. The highest BCUT2D eigenvalue weighted by atomic mass is 14.9. The van der Waals surface area contributed by atoms with Crippen LogP contribution < -0.4 is 5.32 Å². The van der Waals surface area contributed by atoms with Crippen molar-refractivity contribution < 1.29 is 0 Å². The number of hydrogen-bond acceptors (Lipinski definition) is 1. The summed E-state index contributed by atoms with van der Waals surface area (Å²) in [5.74, 6) is 0. The van der Waals surface area contributed by atoms with E-state index in [9.17, 15) is 0 Å². The van der Waals surface area contributed by atoms with Gasteiger partial charge < -0.3 is 5.32 Å². The van der Waals surface area contributed by atoms with Gasteiger partial charge in [-0.3, -0.25) is 0 Å². The van der Waals surface area contributed by atoms with Crippen molar-refractivity contribution in [1.82, 2.24) is 5.32 Å². The first-order chi connectivity index (χ1) is 5.06. The predicted molar refractivity (Wildman–Crippen MR) is 54.0 cm³/mol. The van der Waals surface area contributed by atoms with Crippen LogP contribution in [0.4, 0.5) is 0 Å². The molecule has 1 nitrogen and oxygen atoms in total. The van der Waals surface area contributed by atoms with Crippen LogP contribution in [-0.4, -0.2) is 12.1 Å². The van der Waals surface area contributed by atoms with Crippen LogP contribution in [0.1, 0.15) is 54.4 Å². The van der Waals surface area contributed by atoms with Crippen molar-refractivity contribution in [2.24, 2.45) is 0 Å². The smallest absolute Gasteiger partial charge is 0.00965 e. The zero-order valence-electron chi connectivity index (χ0n) is 9.12. The fraction of sp³-hybridized carbons (Fsp3) is 1.00. The lowest BCUT2D eigenvalue weighted by Crippen LogP contribution is -2.36. The van der Waals surface area contributed by atoms with Gasteiger partial charge in [0.05, 0.1) is 0 Å². The fourth-order valence-electron chi connectivity index (χ4n) is 0.640. The Morgan fingerprint density at radius 1 is 1.09 bits per heavy atom. The molecule has 0 amide bonds. The maximum absolute atomic E-state index is 3.42. The first-order valence-corrected chi connectivity index (χ1v) is 4.81. The number of rotatable bonds is 3. The molecular weight excluding hydrogens is 134 g/mol. The Morgan fingerprint density at radius 2 is 1.55 bits per heavy atom. The van der Waals surface area contributed by atoms with Crippen LogP contribution in [0.15, 0.2) is 0 Å². The molecule has 1 heteroatoms. The van der Waals surface area contributed by atoms with Gasteiger partial charge in [-0.05, 0) is 33.7 Å². The molecule has 1 N–H and O–H groups in total. The quantitative estimate of drug-likeness (QED) is 0.624. The summed E-state index contributed by atoms with van der Waals surface area (Å²) in [4.78, 5) is 0. The van der Waals surface area contributed by atoms with Gasteiger partial charge in [-0.2, -0.15) is 0 Å². The van der Waals surface area contributed by atoms with Gasteiger partial charge in [-0.25, -0.2) is 0 Å². The van der Waals surface area contributed by atoms with Gasteiger partial charge in [0.25, 0.3) is 0 Å². The molecule has 0 heterocycles. The van der Waals surface area contributed by atoms with E-state index in [2.05, 4.69) is 33.0 Å². The third-order valence-corrected chi connectivity index (χ3v) is 1.19. The maximum atomic E-state index is 3.42. The summed E-state index contributed by atoms with van der Waals surface area (Å²) in [6.07, 6.45) is 2.57. The molecule has 0 radical (unpaired) electrons. The first-order valence-electron chi connectivity index (χ1n) is 4.81. The molecule has 0 unspecified atom stereocenters. The molecule has 70 valence electrons. The fourth-order valence-corrected chi connectivity index (χ4v) is 0.640. The Hall–Kier alpha value is -0.0400. The number of unbranched alkanes of at least 4 members (excludes halogenated alkanes) is 1. The third-order valence-electron chi connectivity index (χ3n) is 1.19. The molecule has 0 rings (SSSR count). The molecule has 0 spiro atoms. The van der Waals surface area contributed by atoms with E-state index in [1.807, 2.05) is 13.8 Å². The highest BCUT2D eigenvalue weighted by Gasteiger charge is 2.05. The van der Waals surface area contributed by atoms with Gasteiger partial charge in [0.1, 0.15) is 0 Å². The summed E-state index contributed by atoms with van der Waals surface area (Å²) in [6.45, 7) is 14.0. The summed E-state index contributed by atoms with van der Waals surface area (Å²) in [5.41, 5.74) is 0.301. The van der Waals surface area contributed by atoms with E-state index in [-0.39, 0.29) is 0 Å². The van der Waals surface area contributed by atoms with Crippen LogP contribution in [0.5, 0.6) is 0 Å². The van der Waals surface area contributed by atoms with Gasteiger partial charge in [0.2, 0.25) is 0 Å². The molecule has 0 aliphatic heterocycles. The molecule has 0 aliphatic rings. The Balaban J connectivity index is 0. The summed E-state index contributed by atoms with van der Waals surface area (Å²) in [5, 5.41) is 3.42. The van der Waals surface area contributed by atoms with E-state index in [1.54, 1.807) is 0 Å². The summed E-state index contributed by atoms with van der Waals surface area (Å²) in [6, 6.07) is 0. The maximum Gasteiger partial charge on any atom is 0.00965 e. The minimum Gasteiger partial charge on any atom is -0.312 e. The van der Waals surface area contributed by atoms with Crippen molar-refractivity contribution in [3.8, 4) is 0 Å². The van der Waals surface area contributed by atoms with Crippen molar-refractivity contribution >= 4 is 0 Å². The Kier molecular flexibility index (Phi) is 9.92. The number of hydrogen-bond donors (Lipinski definition) is 1. The second-order valence-corrected chi connectivity index (χ2v) is 3.53. The van der Waals surface area contributed by atoms with Crippen molar-refractivity contribution in [3.63, 3.8) is 0 Å². The lowest BCUT2D eigenvalue weighted by atomic mass is 10.1. The second kappa shape index (κ2) is 8.06. The van der Waals surface area contributed by atoms with Crippen molar-refractivity contribution in [3.05, 3.63) is 0 Å². The van der Waals surface area contributed by atoms with Gasteiger partial charge in [0.15, 0.2) is 0 Å². The van der Waals surface area contributed by atoms with Crippen LogP contribution in [0.25, 0.3) is 0 Å². The van der Waals surface area contributed by atoms with E-state index in [4.69, 9.17) is 0 Å². The Bertz CT molecular complexity index is 61.8. The van der Waals surface area contributed by atoms with Crippen LogP contribution in [0, 0.1) is 0 Å². The van der Waals surface area contributed by atoms with Gasteiger partial charge in [-0.1, -0.05) is 27.2 Å². The molecule has 0 aromatic rings. The SMILES string of the molecule is CC.CCCCNC(C)(C)C.